The molecule has 1 aromatic rings. The van der Waals surface area contributed by atoms with E-state index >= 15 is 0 Å². The van der Waals surface area contributed by atoms with Crippen molar-refractivity contribution >= 4 is 5.57 Å². The SMILES string of the molecule is C=C(CCCC(CC)CC)c1ccc(CC(C)C2CC(C)CCC2C(C)C)cc1. The first kappa shape index (κ1) is 24.2. The molecule has 0 heterocycles. The zero-order valence-corrected chi connectivity index (χ0v) is 20.3. The Balaban J connectivity index is 1.89. The molecule has 0 bridgehead atoms. The summed E-state index contributed by atoms with van der Waals surface area (Å²) in [6.07, 6.45) is 11.9. The molecule has 1 fully saturated rings. The number of hydrogen-bond acceptors (Lipinski definition) is 0. The lowest BCUT2D eigenvalue weighted by Gasteiger charge is -2.41. The second-order valence-electron chi connectivity index (χ2n) is 10.5. The summed E-state index contributed by atoms with van der Waals surface area (Å²) in [6.45, 7) is 18.8. The maximum atomic E-state index is 4.38. The molecule has 4 atom stereocenters. The van der Waals surface area contributed by atoms with Crippen molar-refractivity contribution in [2.24, 2.45) is 35.5 Å². The molecule has 4 unspecified atom stereocenters. The van der Waals surface area contributed by atoms with Crippen LogP contribution in [0.2, 0.25) is 0 Å². The molecule has 0 heteroatoms. The van der Waals surface area contributed by atoms with Gasteiger partial charge in [-0.1, -0.05) is 98.1 Å². The highest BCUT2D eigenvalue weighted by Crippen LogP contribution is 2.42. The summed E-state index contributed by atoms with van der Waals surface area (Å²) in [5, 5.41) is 0. The van der Waals surface area contributed by atoms with Crippen molar-refractivity contribution in [2.75, 3.05) is 0 Å². The molecule has 29 heavy (non-hydrogen) atoms. The standard InChI is InChI=1S/C29H48/c1-8-25(9-2)12-10-11-23(6)27-16-14-26(15-17-27)20-24(7)29-19-22(5)13-18-28(29)21(3)4/h14-17,21-22,24-25,28-29H,6,8-13,18-20H2,1-5,7H3. The molecule has 0 nitrogen and oxygen atoms in total. The predicted molar refractivity (Wildman–Crippen MR) is 131 cm³/mol. The van der Waals surface area contributed by atoms with Gasteiger partial charge in [0.1, 0.15) is 0 Å². The zero-order valence-electron chi connectivity index (χ0n) is 20.3. The third-order valence-corrected chi connectivity index (χ3v) is 7.97. The van der Waals surface area contributed by atoms with E-state index < -0.39 is 0 Å². The Morgan fingerprint density at radius 1 is 1.00 bits per heavy atom. The molecule has 0 N–H and O–H groups in total. The van der Waals surface area contributed by atoms with Crippen LogP contribution in [0.25, 0.3) is 5.57 Å². The van der Waals surface area contributed by atoms with Crippen molar-refractivity contribution in [3.05, 3.63) is 42.0 Å². The molecule has 0 amide bonds. The molecule has 164 valence electrons. The summed E-state index contributed by atoms with van der Waals surface area (Å²) in [7, 11) is 0. The van der Waals surface area contributed by atoms with Crippen molar-refractivity contribution in [1.29, 1.82) is 0 Å². The molecular weight excluding hydrogens is 348 g/mol. The van der Waals surface area contributed by atoms with Gasteiger partial charge in [0.2, 0.25) is 0 Å². The second-order valence-corrected chi connectivity index (χ2v) is 10.5. The van der Waals surface area contributed by atoms with E-state index in [1.54, 1.807) is 0 Å². The van der Waals surface area contributed by atoms with E-state index in [9.17, 15) is 0 Å². The predicted octanol–water partition coefficient (Wildman–Crippen LogP) is 9.19. The lowest BCUT2D eigenvalue weighted by molar-refractivity contribution is 0.0987. The minimum Gasteiger partial charge on any atom is -0.0952 e. The van der Waals surface area contributed by atoms with Crippen LogP contribution >= 0.6 is 0 Å². The van der Waals surface area contributed by atoms with Crippen molar-refractivity contribution < 1.29 is 0 Å². The Hall–Kier alpha value is -1.04. The van der Waals surface area contributed by atoms with Gasteiger partial charge in [-0.25, -0.2) is 0 Å². The van der Waals surface area contributed by atoms with Gasteiger partial charge in [0, 0.05) is 0 Å². The summed E-state index contributed by atoms with van der Waals surface area (Å²) in [5.41, 5.74) is 4.17. The maximum absolute atomic E-state index is 4.38. The van der Waals surface area contributed by atoms with E-state index in [1.807, 2.05) is 0 Å². The highest BCUT2D eigenvalue weighted by atomic mass is 14.4. The molecule has 0 spiro atoms. The van der Waals surface area contributed by atoms with E-state index in [4.69, 9.17) is 0 Å². The minimum absolute atomic E-state index is 0.777. The van der Waals surface area contributed by atoms with Gasteiger partial charge in [-0.2, -0.15) is 0 Å². The first-order valence-corrected chi connectivity index (χ1v) is 12.6. The van der Waals surface area contributed by atoms with E-state index in [2.05, 4.69) is 72.4 Å². The second kappa shape index (κ2) is 12.0. The Labute approximate surface area is 182 Å². The third kappa shape index (κ3) is 7.30. The van der Waals surface area contributed by atoms with Crippen molar-refractivity contribution in [3.8, 4) is 0 Å². The summed E-state index contributed by atoms with van der Waals surface area (Å²) >= 11 is 0. The van der Waals surface area contributed by atoms with Gasteiger partial charge in [0.25, 0.3) is 0 Å². The average Bonchev–Trinajstić information content (AvgIpc) is 2.71. The lowest BCUT2D eigenvalue weighted by atomic mass is 9.65. The Morgan fingerprint density at radius 2 is 1.66 bits per heavy atom. The lowest BCUT2D eigenvalue weighted by Crippen LogP contribution is -2.32. The minimum atomic E-state index is 0.777. The summed E-state index contributed by atoms with van der Waals surface area (Å²) < 4.78 is 0. The van der Waals surface area contributed by atoms with Crippen LogP contribution in [0.3, 0.4) is 0 Å². The van der Waals surface area contributed by atoms with Crippen LogP contribution in [0.15, 0.2) is 30.8 Å². The van der Waals surface area contributed by atoms with Crippen LogP contribution < -0.4 is 0 Å². The molecule has 1 aliphatic carbocycles. The van der Waals surface area contributed by atoms with Gasteiger partial charge in [0.15, 0.2) is 0 Å². The first-order valence-electron chi connectivity index (χ1n) is 12.6. The van der Waals surface area contributed by atoms with E-state index in [0.717, 1.165) is 41.9 Å². The van der Waals surface area contributed by atoms with Crippen LogP contribution in [0.5, 0.6) is 0 Å². The third-order valence-electron chi connectivity index (χ3n) is 7.97. The van der Waals surface area contributed by atoms with Gasteiger partial charge in [-0.15, -0.1) is 0 Å². The van der Waals surface area contributed by atoms with Crippen molar-refractivity contribution in [2.45, 2.75) is 99.3 Å². The monoisotopic (exact) mass is 396 g/mol. The molecule has 0 radical (unpaired) electrons. The Morgan fingerprint density at radius 3 is 2.24 bits per heavy atom. The first-order chi connectivity index (χ1) is 13.8. The highest BCUT2D eigenvalue weighted by Gasteiger charge is 2.33. The summed E-state index contributed by atoms with van der Waals surface area (Å²) in [5.74, 6) is 5.20. The molecule has 2 rings (SSSR count). The molecule has 1 aliphatic rings. The van der Waals surface area contributed by atoms with Gasteiger partial charge in [-0.05, 0) is 84.3 Å². The van der Waals surface area contributed by atoms with Gasteiger partial charge >= 0.3 is 0 Å². The maximum Gasteiger partial charge on any atom is -0.0230 e. The number of hydrogen-bond donors (Lipinski definition) is 0. The Bertz CT molecular complexity index is 589. The van der Waals surface area contributed by atoms with Gasteiger partial charge in [0.05, 0.1) is 0 Å². The van der Waals surface area contributed by atoms with Gasteiger partial charge < -0.3 is 0 Å². The molecule has 0 aliphatic heterocycles. The fourth-order valence-electron chi connectivity index (χ4n) is 5.78. The van der Waals surface area contributed by atoms with Crippen molar-refractivity contribution in [3.63, 3.8) is 0 Å². The zero-order chi connectivity index (χ0) is 21.4. The van der Waals surface area contributed by atoms with Crippen LogP contribution in [-0.2, 0) is 6.42 Å². The topological polar surface area (TPSA) is 0 Å². The number of allylic oxidation sites excluding steroid dienone is 1. The Kier molecular flexibility index (Phi) is 10.0. The van der Waals surface area contributed by atoms with Crippen LogP contribution in [0, 0.1) is 35.5 Å². The number of rotatable bonds is 11. The largest absolute Gasteiger partial charge is 0.0952 e. The van der Waals surface area contributed by atoms with Crippen LogP contribution in [0.4, 0.5) is 0 Å². The molecule has 0 saturated heterocycles. The fourth-order valence-corrected chi connectivity index (χ4v) is 5.78. The van der Waals surface area contributed by atoms with Gasteiger partial charge in [-0.3, -0.25) is 0 Å². The summed E-state index contributed by atoms with van der Waals surface area (Å²) in [4.78, 5) is 0. The molecule has 1 aromatic carbocycles. The quantitative estimate of drug-likeness (QED) is 0.349. The van der Waals surface area contributed by atoms with E-state index in [-0.39, 0.29) is 0 Å². The summed E-state index contributed by atoms with van der Waals surface area (Å²) in [6, 6.07) is 9.39. The molecular formula is C29H48. The van der Waals surface area contributed by atoms with Crippen molar-refractivity contribution in [1.82, 2.24) is 0 Å². The smallest absolute Gasteiger partial charge is 0.0230 e. The molecule has 0 aromatic heterocycles. The highest BCUT2D eigenvalue weighted by molar-refractivity contribution is 5.63. The normalized spacial score (nSPS) is 23.5. The average molecular weight is 397 g/mol. The van der Waals surface area contributed by atoms with E-state index in [1.165, 1.54) is 68.1 Å². The number of benzene rings is 1. The van der Waals surface area contributed by atoms with Crippen LogP contribution in [0.1, 0.15) is 104 Å². The molecule has 1 saturated carbocycles. The fraction of sp³-hybridized carbons (Fsp3) is 0.724. The van der Waals surface area contributed by atoms with Crippen LogP contribution in [-0.4, -0.2) is 0 Å². The van der Waals surface area contributed by atoms with E-state index in [0.29, 0.717) is 0 Å².